The first-order chi connectivity index (χ1) is 24.2. The maximum Gasteiger partial charge on any atom is 0.240 e. The van der Waals surface area contributed by atoms with E-state index in [0.717, 1.165) is 96.9 Å². The molecule has 10 nitrogen and oxygen atoms in total. The summed E-state index contributed by atoms with van der Waals surface area (Å²) in [5.74, 6) is 2.92. The predicted molar refractivity (Wildman–Crippen MR) is 199 cm³/mol. The highest BCUT2D eigenvalue weighted by Gasteiger charge is 2.36. The number of likely N-dealkylation sites (tertiary alicyclic amines) is 2. The number of hydrogen-bond acceptors (Lipinski definition) is 6. The molecule has 0 saturated carbocycles. The van der Waals surface area contributed by atoms with Gasteiger partial charge in [0.15, 0.2) is 0 Å². The van der Waals surface area contributed by atoms with E-state index in [0.29, 0.717) is 11.8 Å². The lowest BCUT2D eigenvalue weighted by Crippen LogP contribution is -2.45. The average molecular weight is 679 g/mol. The molecule has 0 radical (unpaired) electrons. The second-order valence-electron chi connectivity index (χ2n) is 14.8. The van der Waals surface area contributed by atoms with Gasteiger partial charge in [0.05, 0.1) is 47.9 Å². The SMILES string of the molecule is CNC(CC(C)C)C(=O)N1CCC[C@H]1c1ncc(-c2ccc(-c3ccc(-c4cnc(C5CCCN5C(=O)[C@H](CC(C)C)NC)[nH]4)cc3)cc2)[nH]1. The van der Waals surface area contributed by atoms with Crippen molar-refractivity contribution >= 4 is 11.8 Å². The van der Waals surface area contributed by atoms with E-state index in [4.69, 9.17) is 9.97 Å². The number of hydrogen-bond donors (Lipinski definition) is 4. The molecule has 2 amide bonds. The van der Waals surface area contributed by atoms with Crippen molar-refractivity contribution in [2.45, 2.75) is 90.4 Å². The molecule has 4 atom stereocenters. The number of imidazole rings is 2. The van der Waals surface area contributed by atoms with Crippen molar-refractivity contribution in [1.82, 2.24) is 40.4 Å². The van der Waals surface area contributed by atoms with Gasteiger partial charge in [0.25, 0.3) is 0 Å². The van der Waals surface area contributed by atoms with Crippen LogP contribution >= 0.6 is 0 Å². The molecular formula is C40H54N8O2. The number of carbonyl (C=O) groups is 2. The summed E-state index contributed by atoms with van der Waals surface area (Å²) in [6, 6.07) is 16.6. The van der Waals surface area contributed by atoms with Gasteiger partial charge in [-0.25, -0.2) is 9.97 Å². The van der Waals surface area contributed by atoms with Crippen LogP contribution in [0.4, 0.5) is 0 Å². The molecule has 50 heavy (non-hydrogen) atoms. The van der Waals surface area contributed by atoms with Crippen LogP contribution in [0.25, 0.3) is 33.6 Å². The van der Waals surface area contributed by atoms with Crippen molar-refractivity contribution < 1.29 is 9.59 Å². The fourth-order valence-electron chi connectivity index (χ4n) is 7.65. The first-order valence-electron chi connectivity index (χ1n) is 18.4. The highest BCUT2D eigenvalue weighted by Crippen LogP contribution is 2.35. The number of likely N-dealkylation sites (N-methyl/N-ethyl adjacent to an activating group) is 2. The second kappa shape index (κ2) is 15.7. The van der Waals surface area contributed by atoms with Crippen LogP contribution in [0.5, 0.6) is 0 Å². The molecule has 2 aromatic heterocycles. The zero-order valence-electron chi connectivity index (χ0n) is 30.5. The summed E-state index contributed by atoms with van der Waals surface area (Å²) in [4.78, 5) is 47.3. The van der Waals surface area contributed by atoms with E-state index >= 15 is 0 Å². The highest BCUT2D eigenvalue weighted by molar-refractivity contribution is 5.83. The fourth-order valence-corrected chi connectivity index (χ4v) is 7.65. The molecule has 2 fully saturated rings. The summed E-state index contributed by atoms with van der Waals surface area (Å²) in [5, 5.41) is 6.46. The Morgan fingerprint density at radius 1 is 0.660 bits per heavy atom. The lowest BCUT2D eigenvalue weighted by molar-refractivity contribution is -0.135. The minimum atomic E-state index is -0.172. The molecule has 2 unspecified atom stereocenters. The summed E-state index contributed by atoms with van der Waals surface area (Å²) in [6.45, 7) is 10.1. The van der Waals surface area contributed by atoms with Crippen LogP contribution in [0.3, 0.4) is 0 Å². The van der Waals surface area contributed by atoms with Gasteiger partial charge in [0.2, 0.25) is 11.8 Å². The molecule has 2 aliphatic heterocycles. The smallest absolute Gasteiger partial charge is 0.240 e. The van der Waals surface area contributed by atoms with Gasteiger partial charge < -0.3 is 30.4 Å². The van der Waals surface area contributed by atoms with Crippen molar-refractivity contribution in [1.29, 1.82) is 0 Å². The van der Waals surface area contributed by atoms with Gasteiger partial charge in [-0.3, -0.25) is 9.59 Å². The van der Waals surface area contributed by atoms with E-state index in [2.05, 4.69) is 96.8 Å². The topological polar surface area (TPSA) is 122 Å². The molecule has 266 valence electrons. The zero-order valence-corrected chi connectivity index (χ0v) is 30.5. The molecule has 2 aliphatic rings. The molecule has 6 rings (SSSR count). The van der Waals surface area contributed by atoms with Gasteiger partial charge in [-0.05, 0) is 86.7 Å². The number of amides is 2. The molecule has 10 heteroatoms. The number of benzene rings is 2. The fraction of sp³-hybridized carbons (Fsp3) is 0.500. The van der Waals surface area contributed by atoms with Gasteiger partial charge in [-0.15, -0.1) is 0 Å². The van der Waals surface area contributed by atoms with Crippen LogP contribution in [0.2, 0.25) is 0 Å². The minimum absolute atomic E-state index is 0.0250. The summed E-state index contributed by atoms with van der Waals surface area (Å²) in [7, 11) is 3.75. The van der Waals surface area contributed by atoms with Crippen LogP contribution in [-0.4, -0.2) is 80.8 Å². The Bertz CT molecular complexity index is 1600. The van der Waals surface area contributed by atoms with Gasteiger partial charge in [0, 0.05) is 13.1 Å². The van der Waals surface area contributed by atoms with E-state index in [-0.39, 0.29) is 36.0 Å². The van der Waals surface area contributed by atoms with Crippen LogP contribution in [-0.2, 0) is 9.59 Å². The third-order valence-electron chi connectivity index (χ3n) is 10.3. The Balaban J connectivity index is 1.10. The Morgan fingerprint density at radius 3 is 1.36 bits per heavy atom. The van der Waals surface area contributed by atoms with E-state index < -0.39 is 0 Å². The first-order valence-corrected chi connectivity index (χ1v) is 18.4. The van der Waals surface area contributed by atoms with E-state index in [1.807, 2.05) is 36.3 Å². The van der Waals surface area contributed by atoms with Crippen molar-refractivity contribution in [3.63, 3.8) is 0 Å². The molecule has 4 N–H and O–H groups in total. The van der Waals surface area contributed by atoms with Crippen LogP contribution in [0, 0.1) is 11.8 Å². The largest absolute Gasteiger partial charge is 0.340 e. The zero-order chi connectivity index (χ0) is 35.4. The van der Waals surface area contributed by atoms with Gasteiger partial charge in [0.1, 0.15) is 11.6 Å². The van der Waals surface area contributed by atoms with Gasteiger partial charge in [-0.1, -0.05) is 76.2 Å². The van der Waals surface area contributed by atoms with Crippen molar-refractivity contribution in [3.05, 3.63) is 72.6 Å². The Kier molecular flexibility index (Phi) is 11.2. The number of H-pyrrole nitrogens is 2. The van der Waals surface area contributed by atoms with Gasteiger partial charge >= 0.3 is 0 Å². The lowest BCUT2D eigenvalue weighted by Gasteiger charge is -2.28. The van der Waals surface area contributed by atoms with Crippen molar-refractivity contribution in [2.75, 3.05) is 27.2 Å². The van der Waals surface area contributed by atoms with Crippen molar-refractivity contribution in [3.8, 4) is 33.6 Å². The van der Waals surface area contributed by atoms with Crippen LogP contribution in [0.15, 0.2) is 60.9 Å². The standard InChI is InChI=1S/C40H54N8O2/c1-25(2)21-31(41-5)39(49)47-19-7-9-35(47)37-43-23-33(45-37)29-15-11-27(12-16-29)28-13-17-30(18-14-28)34-24-44-38(46-34)36-10-8-20-48(36)40(50)32(42-6)22-26(3)4/h11-18,23-26,31-32,35-36,41-42H,7-10,19-22H2,1-6H3,(H,43,45)(H,44,46)/t31-,32?,35?,36-/m0/s1. The normalized spacial score (nSPS) is 19.1. The molecular weight excluding hydrogens is 624 g/mol. The third-order valence-corrected chi connectivity index (χ3v) is 10.3. The first kappa shape index (κ1) is 35.5. The number of aromatic nitrogens is 4. The Hall–Kier alpha value is -4.28. The lowest BCUT2D eigenvalue weighted by atomic mass is 10.0. The minimum Gasteiger partial charge on any atom is -0.340 e. The summed E-state index contributed by atoms with van der Waals surface area (Å²) in [5.41, 5.74) is 6.27. The highest BCUT2D eigenvalue weighted by atomic mass is 16.2. The molecule has 2 aromatic carbocycles. The Labute approximate surface area is 296 Å². The monoisotopic (exact) mass is 678 g/mol. The number of rotatable bonds is 13. The molecule has 0 spiro atoms. The molecule has 2 saturated heterocycles. The van der Waals surface area contributed by atoms with Crippen LogP contribution < -0.4 is 10.6 Å². The molecule has 4 heterocycles. The summed E-state index contributed by atoms with van der Waals surface area (Å²) >= 11 is 0. The number of carbonyl (C=O) groups excluding carboxylic acids is 2. The Morgan fingerprint density at radius 2 is 1.02 bits per heavy atom. The summed E-state index contributed by atoms with van der Waals surface area (Å²) < 4.78 is 0. The number of nitrogens with one attached hydrogen (secondary N) is 4. The maximum absolute atomic E-state index is 13.4. The molecule has 0 aliphatic carbocycles. The average Bonchev–Trinajstić information content (AvgIpc) is 3.95. The van der Waals surface area contributed by atoms with Gasteiger partial charge in [-0.2, -0.15) is 0 Å². The predicted octanol–water partition coefficient (Wildman–Crippen LogP) is 6.73. The van der Waals surface area contributed by atoms with E-state index in [1.165, 1.54) is 0 Å². The quantitative estimate of drug-likeness (QED) is 0.124. The maximum atomic E-state index is 13.4. The second-order valence-corrected chi connectivity index (χ2v) is 14.8. The van der Waals surface area contributed by atoms with Crippen LogP contribution in [0.1, 0.15) is 90.0 Å². The van der Waals surface area contributed by atoms with Crippen molar-refractivity contribution in [2.24, 2.45) is 11.8 Å². The third kappa shape index (κ3) is 7.71. The molecule has 4 aromatic rings. The number of nitrogens with zero attached hydrogens (tertiary/aromatic N) is 4. The van der Waals surface area contributed by atoms with E-state index in [9.17, 15) is 9.59 Å². The summed E-state index contributed by atoms with van der Waals surface area (Å²) in [6.07, 6.45) is 9.20. The van der Waals surface area contributed by atoms with E-state index in [1.54, 1.807) is 0 Å². The molecule has 0 bridgehead atoms. The number of aromatic amines is 2.